The van der Waals surface area contributed by atoms with Crippen LogP contribution in [-0.2, 0) is 17.3 Å². The number of β-lactam (4-membered cyclic amide) rings is 1. The molecule has 1 aliphatic carbocycles. The minimum absolute atomic E-state index is 0.380. The molecule has 7 heteroatoms. The summed E-state index contributed by atoms with van der Waals surface area (Å²) in [6, 6.07) is -0.775. The fraction of sp³-hybridized carbons (Fsp3) is 0.692. The fourth-order valence-electron chi connectivity index (χ4n) is 3.65. The van der Waals surface area contributed by atoms with E-state index < -0.39 is 45.7 Å². The van der Waals surface area contributed by atoms with Crippen LogP contribution in [0.2, 0.25) is 4.31 Å². The van der Waals surface area contributed by atoms with Crippen molar-refractivity contribution >= 4 is 23.3 Å². The van der Waals surface area contributed by atoms with Crippen LogP contribution in [0.3, 0.4) is 0 Å². The first-order chi connectivity index (χ1) is 9.35. The molecule has 2 aliphatic heterocycles. The van der Waals surface area contributed by atoms with Crippen LogP contribution >= 0.6 is 0 Å². The van der Waals surface area contributed by atoms with E-state index in [1.54, 1.807) is 6.08 Å². The summed E-state index contributed by atoms with van der Waals surface area (Å²) < 4.78 is 22.1. The summed E-state index contributed by atoms with van der Waals surface area (Å²) in [5, 5.41) is 13.1. The first-order valence-corrected chi connectivity index (χ1v) is 9.90. The zero-order valence-electron chi connectivity index (χ0n) is 11.1. The Labute approximate surface area is 118 Å². The molecule has 0 spiro atoms. The molecule has 6 nitrogen and oxygen atoms in total. The van der Waals surface area contributed by atoms with Crippen molar-refractivity contribution < 1.29 is 22.4 Å². The van der Waals surface area contributed by atoms with Crippen molar-refractivity contribution in [1.29, 1.82) is 0 Å². The Morgan fingerprint density at radius 3 is 2.65 bits per heavy atom. The molecule has 5 atom stereocenters. The average Bonchev–Trinajstić information content (AvgIpc) is 2.54. The van der Waals surface area contributed by atoms with Gasteiger partial charge in [-0.15, -0.1) is 0 Å². The third kappa shape index (κ3) is 1.38. The van der Waals surface area contributed by atoms with Gasteiger partial charge < -0.3 is 0 Å². The molecule has 2 saturated heterocycles. The van der Waals surface area contributed by atoms with E-state index in [4.69, 9.17) is 0 Å². The summed E-state index contributed by atoms with van der Waals surface area (Å²) in [4.78, 5) is 24.0. The number of aliphatic hydroxyl groups excluding tert-OH is 1. The van der Waals surface area contributed by atoms with Crippen LogP contribution in [0.15, 0.2) is 12.2 Å². The second kappa shape index (κ2) is 4.23. The number of carbonyl (C=O) groups excluding carboxylic acids is 2. The van der Waals surface area contributed by atoms with Crippen LogP contribution in [0.4, 0.5) is 0 Å². The molecule has 0 bridgehead atoms. The number of rotatable bonds is 2. The molecule has 2 fully saturated rings. The summed E-state index contributed by atoms with van der Waals surface area (Å²) in [7, 11) is 0. The van der Waals surface area contributed by atoms with E-state index in [0.29, 0.717) is 6.42 Å². The van der Waals surface area contributed by atoms with E-state index in [9.17, 15) is 22.4 Å². The molecule has 110 valence electrons. The van der Waals surface area contributed by atoms with Crippen molar-refractivity contribution in [1.82, 2.24) is 5.32 Å². The van der Waals surface area contributed by atoms with Crippen LogP contribution in [-0.4, -0.2) is 40.6 Å². The van der Waals surface area contributed by atoms with Crippen LogP contribution < -0.4 is 5.32 Å². The summed E-state index contributed by atoms with van der Waals surface area (Å²) in [6.07, 6.45) is 4.70. The number of carbonyl (C=O) groups is 2. The topological polar surface area (TPSA) is 101 Å². The number of allylic oxidation sites excluding steroid dienone is 1. The van der Waals surface area contributed by atoms with Crippen LogP contribution in [0, 0.1) is 11.8 Å². The zero-order chi connectivity index (χ0) is 14.7. The Morgan fingerprint density at radius 1 is 1.45 bits per heavy atom. The predicted octanol–water partition coefficient (Wildman–Crippen LogP) is 0.00360. The van der Waals surface area contributed by atoms with Crippen molar-refractivity contribution in [3.63, 3.8) is 0 Å². The summed E-state index contributed by atoms with van der Waals surface area (Å²) in [6.45, 7) is 1.50. The first kappa shape index (κ1) is 13.9. The van der Waals surface area contributed by atoms with Gasteiger partial charge in [-0.2, -0.15) is 0 Å². The quantitative estimate of drug-likeness (QED) is 0.417. The molecule has 2 heterocycles. The van der Waals surface area contributed by atoms with E-state index >= 15 is 0 Å². The van der Waals surface area contributed by atoms with Gasteiger partial charge in [-0.3, -0.25) is 0 Å². The number of aliphatic hydroxyl groups is 1. The third-order valence-corrected chi connectivity index (χ3v) is 10.0. The standard InChI is InChI=1S/C13H17NO5Se/c1-7-9-13(12(17)14-9,20(18,19)11(7)16)10(15)8-5-3-2-4-6-8/h3,5,7-10,15H,2,4,6H2,1H3,(H,14,17)/t7?,8-,9+,10+,13+/m1/s1. The molecule has 20 heavy (non-hydrogen) atoms. The van der Waals surface area contributed by atoms with E-state index in [1.807, 2.05) is 6.08 Å². The molecule has 0 radical (unpaired) electrons. The molecule has 1 unspecified atom stereocenters. The summed E-state index contributed by atoms with van der Waals surface area (Å²) >= 11 is -5.19. The SMILES string of the molecule is CC1C(=O)[Se](=O)(=O)[C@@]2([C@@H](O)[C@@H]3C=CCCC3)C(=O)N[C@@H]12. The Morgan fingerprint density at radius 2 is 2.15 bits per heavy atom. The molecule has 0 aromatic carbocycles. The number of amides is 1. The third-order valence-electron chi connectivity index (χ3n) is 4.82. The van der Waals surface area contributed by atoms with Gasteiger partial charge in [-0.1, -0.05) is 0 Å². The zero-order valence-corrected chi connectivity index (χ0v) is 12.8. The Kier molecular flexibility index (Phi) is 2.94. The van der Waals surface area contributed by atoms with Crippen molar-refractivity contribution in [2.45, 2.75) is 42.6 Å². The van der Waals surface area contributed by atoms with Gasteiger partial charge in [0.1, 0.15) is 0 Å². The van der Waals surface area contributed by atoms with Crippen LogP contribution in [0.1, 0.15) is 26.2 Å². The summed E-state index contributed by atoms with van der Waals surface area (Å²) in [5.74, 6) is -1.86. The molecular weight excluding hydrogens is 329 g/mol. The molecule has 0 aromatic heterocycles. The first-order valence-electron chi connectivity index (χ1n) is 6.79. The van der Waals surface area contributed by atoms with Gasteiger partial charge in [0.05, 0.1) is 0 Å². The van der Waals surface area contributed by atoms with Crippen molar-refractivity contribution in [3.8, 4) is 0 Å². The molecule has 0 aromatic rings. The minimum atomic E-state index is -5.19. The molecular formula is C13H17NO5Se. The number of hydrogen-bond donors (Lipinski definition) is 2. The van der Waals surface area contributed by atoms with Gasteiger partial charge in [-0.25, -0.2) is 0 Å². The Bertz CT molecular complexity index is 610. The molecule has 2 N–H and O–H groups in total. The van der Waals surface area contributed by atoms with E-state index in [-0.39, 0.29) is 5.92 Å². The van der Waals surface area contributed by atoms with Gasteiger partial charge >= 0.3 is 118 Å². The van der Waals surface area contributed by atoms with Crippen molar-refractivity contribution in [3.05, 3.63) is 12.2 Å². The van der Waals surface area contributed by atoms with Gasteiger partial charge in [-0.05, 0) is 0 Å². The fourth-order valence-corrected chi connectivity index (χ4v) is 8.59. The molecule has 3 rings (SSSR count). The van der Waals surface area contributed by atoms with Gasteiger partial charge in [0.15, 0.2) is 0 Å². The van der Waals surface area contributed by atoms with Gasteiger partial charge in [0, 0.05) is 0 Å². The predicted molar refractivity (Wildman–Crippen MR) is 68.4 cm³/mol. The van der Waals surface area contributed by atoms with Crippen LogP contribution in [0.25, 0.3) is 0 Å². The van der Waals surface area contributed by atoms with Crippen molar-refractivity contribution in [2.75, 3.05) is 0 Å². The molecule has 1 amide bonds. The maximum absolute atomic E-state index is 12.5. The number of fused-ring (bicyclic) bond motifs is 1. The van der Waals surface area contributed by atoms with E-state index in [1.165, 1.54) is 6.92 Å². The van der Waals surface area contributed by atoms with Gasteiger partial charge in [0.25, 0.3) is 0 Å². The molecule has 0 saturated carbocycles. The molecule has 3 aliphatic rings. The Hall–Kier alpha value is -1.04. The summed E-state index contributed by atoms with van der Waals surface area (Å²) in [5.41, 5.74) is 0. The Balaban J connectivity index is 2.08. The van der Waals surface area contributed by atoms with E-state index in [2.05, 4.69) is 5.32 Å². The monoisotopic (exact) mass is 347 g/mol. The second-order valence-electron chi connectivity index (χ2n) is 5.82. The average molecular weight is 346 g/mol. The van der Waals surface area contributed by atoms with E-state index in [0.717, 1.165) is 12.8 Å². The number of hydrogen-bond acceptors (Lipinski definition) is 5. The number of nitrogens with one attached hydrogen (secondary N) is 1. The second-order valence-corrected chi connectivity index (χ2v) is 10.2. The van der Waals surface area contributed by atoms with Crippen LogP contribution in [0.5, 0.6) is 0 Å². The maximum atomic E-state index is 12.5. The normalized spacial score (nSPS) is 43.6. The van der Waals surface area contributed by atoms with Gasteiger partial charge in [0.2, 0.25) is 0 Å². The van der Waals surface area contributed by atoms with Crippen molar-refractivity contribution in [2.24, 2.45) is 11.8 Å².